The van der Waals surface area contributed by atoms with Crippen LogP contribution in [0.3, 0.4) is 0 Å². The van der Waals surface area contributed by atoms with Crippen molar-refractivity contribution in [3.8, 4) is 11.5 Å². The molecule has 1 aromatic carbocycles. The number of methoxy groups -OCH3 is 2. The normalized spacial score (nSPS) is 13.8. The van der Waals surface area contributed by atoms with Crippen LogP contribution in [0.5, 0.6) is 11.5 Å². The molecule has 1 atom stereocenters. The van der Waals surface area contributed by atoms with Gasteiger partial charge in [0.15, 0.2) is 9.76 Å². The molecule has 0 aliphatic carbocycles. The Kier molecular flexibility index (Phi) is 11.3. The second kappa shape index (κ2) is 12.7. The summed E-state index contributed by atoms with van der Waals surface area (Å²) in [6.45, 7) is 16.6. The summed E-state index contributed by atoms with van der Waals surface area (Å²) in [7, 11) is 2.16. The lowest BCUT2D eigenvalue weighted by molar-refractivity contribution is -0.138. The molecule has 0 saturated heterocycles. The topological polar surface area (TPSA) is 83.1 Å². The van der Waals surface area contributed by atoms with E-state index in [2.05, 4.69) is 55.9 Å². The maximum absolute atomic E-state index is 13.5. The average Bonchev–Trinajstić information content (AvgIpc) is 2.74. The Labute approximate surface area is 215 Å². The number of ketones is 1. The molecular weight excluding hydrogens is 518 g/mol. The SMILES string of the molecule is CCOC(=O)C(=CN[C@@H](C(C)C)C(C)(C)O[SiH2]C(C)(C)C)C(=O)c1cc(Br)c(OC)cc1OC. The number of benzene rings is 1. The van der Waals surface area contributed by atoms with Gasteiger partial charge in [0.05, 0.1) is 42.5 Å². The summed E-state index contributed by atoms with van der Waals surface area (Å²) in [6, 6.07) is 3.03. The minimum absolute atomic E-state index is 0.119. The number of carbonyl (C=O) groups is 2. The van der Waals surface area contributed by atoms with E-state index in [1.165, 1.54) is 20.4 Å². The molecule has 0 spiro atoms. The van der Waals surface area contributed by atoms with Gasteiger partial charge in [-0.05, 0) is 53.7 Å². The first-order valence-electron chi connectivity index (χ1n) is 11.4. The molecule has 0 aliphatic heterocycles. The lowest BCUT2D eigenvalue weighted by Crippen LogP contribution is -2.51. The maximum atomic E-state index is 13.5. The van der Waals surface area contributed by atoms with Crippen LogP contribution in [0.1, 0.15) is 65.7 Å². The van der Waals surface area contributed by atoms with Crippen LogP contribution in [0, 0.1) is 5.92 Å². The van der Waals surface area contributed by atoms with E-state index in [-0.39, 0.29) is 34.7 Å². The third kappa shape index (κ3) is 8.43. The Morgan fingerprint density at radius 2 is 1.68 bits per heavy atom. The Bertz CT molecular complexity index is 892. The third-order valence-corrected chi connectivity index (χ3v) is 7.53. The molecular formula is C25H40BrNO6Si. The number of Topliss-reactive ketones (excluding diaryl/α,β-unsaturated/α-hetero) is 1. The minimum Gasteiger partial charge on any atom is -0.496 e. The van der Waals surface area contributed by atoms with Gasteiger partial charge in [-0.25, -0.2) is 4.79 Å². The quantitative estimate of drug-likeness (QED) is 0.0985. The molecule has 0 radical (unpaired) electrons. The van der Waals surface area contributed by atoms with Crippen molar-refractivity contribution in [2.24, 2.45) is 5.92 Å². The van der Waals surface area contributed by atoms with Gasteiger partial charge in [-0.3, -0.25) is 4.79 Å². The van der Waals surface area contributed by atoms with Crippen molar-refractivity contribution in [3.63, 3.8) is 0 Å². The summed E-state index contributed by atoms with van der Waals surface area (Å²) < 4.78 is 22.8. The van der Waals surface area contributed by atoms with Gasteiger partial charge in [-0.15, -0.1) is 0 Å². The van der Waals surface area contributed by atoms with Crippen molar-refractivity contribution < 1.29 is 28.2 Å². The highest BCUT2D eigenvalue weighted by atomic mass is 79.9. The first-order valence-corrected chi connectivity index (χ1v) is 13.5. The lowest BCUT2D eigenvalue weighted by Gasteiger charge is -2.39. The zero-order valence-corrected chi connectivity index (χ0v) is 25.1. The third-order valence-electron chi connectivity index (χ3n) is 5.16. The van der Waals surface area contributed by atoms with Gasteiger partial charge in [0, 0.05) is 12.3 Å². The first kappa shape index (κ1) is 30.2. The van der Waals surface area contributed by atoms with Gasteiger partial charge in [0.25, 0.3) is 0 Å². The highest BCUT2D eigenvalue weighted by molar-refractivity contribution is 9.10. The van der Waals surface area contributed by atoms with E-state index < -0.39 is 27.1 Å². The summed E-state index contributed by atoms with van der Waals surface area (Å²) in [5.74, 6) is -0.255. The number of ether oxygens (including phenoxy) is 3. The zero-order valence-electron chi connectivity index (χ0n) is 22.1. The monoisotopic (exact) mass is 557 g/mol. The van der Waals surface area contributed by atoms with Gasteiger partial charge in [-0.1, -0.05) is 34.6 Å². The Morgan fingerprint density at radius 1 is 1.09 bits per heavy atom. The highest BCUT2D eigenvalue weighted by Crippen LogP contribution is 2.34. The summed E-state index contributed by atoms with van der Waals surface area (Å²) in [5.41, 5.74) is -0.409. The minimum atomic E-state index is -0.819. The van der Waals surface area contributed by atoms with E-state index in [1.807, 2.05) is 13.8 Å². The van der Waals surface area contributed by atoms with Crippen LogP contribution in [0.4, 0.5) is 0 Å². The van der Waals surface area contributed by atoms with Crippen molar-refractivity contribution >= 4 is 37.4 Å². The fourth-order valence-electron chi connectivity index (χ4n) is 3.47. The molecule has 1 rings (SSSR count). The molecule has 0 aromatic heterocycles. The molecule has 0 bridgehead atoms. The molecule has 0 unspecified atom stereocenters. The predicted molar refractivity (Wildman–Crippen MR) is 141 cm³/mol. The van der Waals surface area contributed by atoms with Gasteiger partial charge in [0.2, 0.25) is 5.78 Å². The van der Waals surface area contributed by atoms with Crippen molar-refractivity contribution in [1.29, 1.82) is 0 Å². The zero-order chi connectivity index (χ0) is 26.3. The fourth-order valence-corrected chi connectivity index (χ4v) is 4.96. The second-order valence-electron chi connectivity index (χ2n) is 10.1. The molecule has 0 amide bonds. The number of hydrogen-bond donors (Lipinski definition) is 1. The standard InChI is InChI=1S/C25H40BrNO6Si/c1-11-32-23(29)17(21(28)16-12-18(26)20(31-10)13-19(16)30-9)14-27-22(15(2)3)25(7,8)33-34-24(4,5)6/h12-15,22,27H,11,34H2,1-10H3/t22-/m0/s1. The van der Waals surface area contributed by atoms with Crippen LogP contribution in [-0.4, -0.2) is 54.0 Å². The van der Waals surface area contributed by atoms with Crippen molar-refractivity contribution in [1.82, 2.24) is 5.32 Å². The van der Waals surface area contributed by atoms with Gasteiger partial charge in [0.1, 0.15) is 17.1 Å². The molecule has 34 heavy (non-hydrogen) atoms. The largest absolute Gasteiger partial charge is 0.496 e. The number of nitrogens with one attached hydrogen (secondary N) is 1. The van der Waals surface area contributed by atoms with E-state index in [0.717, 1.165) is 0 Å². The van der Waals surface area contributed by atoms with Crippen LogP contribution in [0.2, 0.25) is 5.04 Å². The van der Waals surface area contributed by atoms with Crippen LogP contribution >= 0.6 is 15.9 Å². The molecule has 0 saturated carbocycles. The lowest BCUT2D eigenvalue weighted by atomic mass is 9.89. The van der Waals surface area contributed by atoms with Crippen LogP contribution in [-0.2, 0) is 14.0 Å². The Hall–Kier alpha value is -1.84. The Balaban J connectivity index is 3.41. The number of halogens is 1. The number of hydrogen-bond acceptors (Lipinski definition) is 7. The Morgan fingerprint density at radius 3 is 2.15 bits per heavy atom. The van der Waals surface area contributed by atoms with Crippen LogP contribution in [0.25, 0.3) is 0 Å². The summed E-state index contributed by atoms with van der Waals surface area (Å²) in [6.07, 6.45) is 1.45. The fraction of sp³-hybridized carbons (Fsp3) is 0.600. The number of rotatable bonds is 12. The second-order valence-corrected chi connectivity index (χ2v) is 13.7. The van der Waals surface area contributed by atoms with E-state index in [9.17, 15) is 9.59 Å². The molecule has 9 heteroatoms. The van der Waals surface area contributed by atoms with Crippen LogP contribution in [0.15, 0.2) is 28.4 Å². The maximum Gasteiger partial charge on any atom is 0.343 e. The van der Waals surface area contributed by atoms with E-state index >= 15 is 0 Å². The van der Waals surface area contributed by atoms with Crippen molar-refractivity contribution in [2.75, 3.05) is 20.8 Å². The van der Waals surface area contributed by atoms with E-state index in [0.29, 0.717) is 16.0 Å². The molecule has 0 aliphatic rings. The molecule has 192 valence electrons. The van der Waals surface area contributed by atoms with Gasteiger partial charge < -0.3 is 24.0 Å². The highest BCUT2D eigenvalue weighted by Gasteiger charge is 2.34. The van der Waals surface area contributed by atoms with E-state index in [4.69, 9.17) is 18.6 Å². The predicted octanol–water partition coefficient (Wildman–Crippen LogP) is 4.81. The summed E-state index contributed by atoms with van der Waals surface area (Å²) >= 11 is 3.40. The van der Waals surface area contributed by atoms with Gasteiger partial charge in [-0.2, -0.15) is 0 Å². The average molecular weight is 559 g/mol. The van der Waals surface area contributed by atoms with Crippen LogP contribution < -0.4 is 14.8 Å². The molecule has 0 fully saturated rings. The molecule has 1 N–H and O–H groups in total. The molecule has 0 heterocycles. The number of carbonyl (C=O) groups excluding carboxylic acids is 2. The van der Waals surface area contributed by atoms with E-state index in [1.54, 1.807) is 19.1 Å². The van der Waals surface area contributed by atoms with Gasteiger partial charge >= 0.3 is 5.97 Å². The summed E-state index contributed by atoms with van der Waals surface area (Å²) in [5, 5.41) is 3.43. The van der Waals surface area contributed by atoms with Crippen molar-refractivity contribution in [2.45, 2.75) is 72.1 Å². The molecule has 7 nitrogen and oxygen atoms in total. The van der Waals surface area contributed by atoms with Crippen molar-refractivity contribution in [3.05, 3.63) is 33.9 Å². The smallest absolute Gasteiger partial charge is 0.343 e. The molecule has 1 aromatic rings. The summed E-state index contributed by atoms with van der Waals surface area (Å²) in [4.78, 5) is 26.3. The number of esters is 1. The first-order chi connectivity index (χ1) is 15.7.